The summed E-state index contributed by atoms with van der Waals surface area (Å²) in [5.41, 5.74) is 1.19. The van der Waals surface area contributed by atoms with E-state index in [1.165, 1.54) is 35.6 Å². The lowest BCUT2D eigenvalue weighted by Crippen LogP contribution is -2.41. The molecule has 0 spiro atoms. The molecule has 4 rings (SSSR count). The molecule has 1 fully saturated rings. The zero-order valence-corrected chi connectivity index (χ0v) is 21.9. The lowest BCUT2D eigenvalue weighted by Gasteiger charge is -2.32. The number of sulfonamides is 1. The van der Waals surface area contributed by atoms with Crippen molar-refractivity contribution in [1.82, 2.24) is 8.87 Å². The molecule has 3 aromatic rings. The van der Waals surface area contributed by atoms with Crippen molar-refractivity contribution in [2.24, 2.45) is 4.99 Å². The maximum absolute atomic E-state index is 13.1. The maximum Gasteiger partial charge on any atom is 0.279 e. The van der Waals surface area contributed by atoms with E-state index in [-0.39, 0.29) is 10.9 Å². The van der Waals surface area contributed by atoms with E-state index in [4.69, 9.17) is 9.47 Å². The van der Waals surface area contributed by atoms with Crippen LogP contribution in [0.1, 0.15) is 43.5 Å². The molecule has 1 amide bonds. The number of rotatable bonds is 8. The normalized spacial score (nSPS) is 17.7. The quantitative estimate of drug-likeness (QED) is 0.421. The molecule has 1 aliphatic rings. The molecule has 0 radical (unpaired) electrons. The minimum Gasteiger partial charge on any atom is -0.495 e. The van der Waals surface area contributed by atoms with Gasteiger partial charge in [0, 0.05) is 31.3 Å². The highest BCUT2D eigenvalue weighted by atomic mass is 32.2. The van der Waals surface area contributed by atoms with Gasteiger partial charge >= 0.3 is 0 Å². The number of carbonyl (C=O) groups is 1. The fraction of sp³-hybridized carbons (Fsp3) is 0.440. The molecule has 2 heterocycles. The van der Waals surface area contributed by atoms with Crippen LogP contribution in [0.2, 0.25) is 0 Å². The molecule has 1 aliphatic heterocycles. The molecule has 35 heavy (non-hydrogen) atoms. The number of amides is 1. The number of carbonyl (C=O) groups excluding carboxylic acids is 1. The van der Waals surface area contributed by atoms with Gasteiger partial charge in [0.1, 0.15) is 11.3 Å². The zero-order valence-electron chi connectivity index (χ0n) is 20.3. The summed E-state index contributed by atoms with van der Waals surface area (Å²) in [6, 6.07) is 11.8. The minimum absolute atomic E-state index is 0.0258. The van der Waals surface area contributed by atoms with Crippen LogP contribution in [-0.4, -0.2) is 56.1 Å². The van der Waals surface area contributed by atoms with E-state index in [0.717, 1.165) is 29.5 Å². The second-order valence-corrected chi connectivity index (χ2v) is 11.3. The number of ether oxygens (including phenoxy) is 2. The highest BCUT2D eigenvalue weighted by Crippen LogP contribution is 2.28. The predicted molar refractivity (Wildman–Crippen MR) is 136 cm³/mol. The SMILES string of the molecule is CCOCCn1c(=NC(=O)c2ccc(S(=O)(=O)N3CCCCC3C)cc2)sc2cccc(OC)c21. The van der Waals surface area contributed by atoms with Crippen molar-refractivity contribution in [3.05, 3.63) is 52.8 Å². The van der Waals surface area contributed by atoms with Gasteiger partial charge in [0.15, 0.2) is 4.80 Å². The van der Waals surface area contributed by atoms with Crippen molar-refractivity contribution in [3.8, 4) is 5.75 Å². The molecular formula is C25H31N3O5S2. The topological polar surface area (TPSA) is 90.2 Å². The summed E-state index contributed by atoms with van der Waals surface area (Å²) in [5, 5.41) is 0. The molecule has 1 aromatic heterocycles. The predicted octanol–water partition coefficient (Wildman–Crippen LogP) is 4.05. The third-order valence-corrected chi connectivity index (χ3v) is 9.27. The summed E-state index contributed by atoms with van der Waals surface area (Å²) < 4.78 is 41.7. The van der Waals surface area contributed by atoms with Crippen molar-refractivity contribution in [2.45, 2.75) is 50.6 Å². The van der Waals surface area contributed by atoms with Gasteiger partial charge in [-0.2, -0.15) is 9.30 Å². The van der Waals surface area contributed by atoms with Gasteiger partial charge in [-0.15, -0.1) is 0 Å². The van der Waals surface area contributed by atoms with Crippen molar-refractivity contribution in [3.63, 3.8) is 0 Å². The van der Waals surface area contributed by atoms with E-state index in [2.05, 4.69) is 4.99 Å². The van der Waals surface area contributed by atoms with E-state index in [0.29, 0.717) is 42.4 Å². The Morgan fingerprint density at radius 2 is 1.94 bits per heavy atom. The summed E-state index contributed by atoms with van der Waals surface area (Å²) in [6.45, 7) is 5.98. The van der Waals surface area contributed by atoms with Gasteiger partial charge in [0.05, 0.1) is 23.3 Å². The van der Waals surface area contributed by atoms with Crippen LogP contribution < -0.4 is 9.54 Å². The number of methoxy groups -OCH3 is 1. The van der Waals surface area contributed by atoms with E-state index in [1.54, 1.807) is 11.4 Å². The fourth-order valence-corrected chi connectivity index (χ4v) is 7.11. The monoisotopic (exact) mass is 517 g/mol. The standard InChI is InChI=1S/C25H31N3O5S2/c1-4-33-17-16-27-23-21(32-3)9-7-10-22(23)34-25(27)26-24(29)19-11-13-20(14-12-19)35(30,31)28-15-6-5-8-18(28)2/h7,9-14,18H,4-6,8,15-17H2,1-3H3. The lowest BCUT2D eigenvalue weighted by molar-refractivity contribution is 0.0996. The highest BCUT2D eigenvalue weighted by molar-refractivity contribution is 7.89. The Kier molecular flexibility index (Phi) is 8.05. The van der Waals surface area contributed by atoms with Crippen LogP contribution in [0.4, 0.5) is 0 Å². The van der Waals surface area contributed by atoms with E-state index < -0.39 is 15.9 Å². The highest BCUT2D eigenvalue weighted by Gasteiger charge is 2.30. The molecule has 0 saturated carbocycles. The van der Waals surface area contributed by atoms with Crippen LogP contribution >= 0.6 is 11.3 Å². The third-order valence-electron chi connectivity index (χ3n) is 6.19. The van der Waals surface area contributed by atoms with Gasteiger partial charge in [0.25, 0.3) is 5.91 Å². The Hall–Kier alpha value is -2.53. The van der Waals surface area contributed by atoms with Crippen LogP contribution in [0, 0.1) is 0 Å². The molecule has 188 valence electrons. The van der Waals surface area contributed by atoms with Gasteiger partial charge in [-0.05, 0) is 63.1 Å². The first-order valence-electron chi connectivity index (χ1n) is 11.8. The smallest absolute Gasteiger partial charge is 0.279 e. The van der Waals surface area contributed by atoms with E-state index in [1.807, 2.05) is 36.6 Å². The number of hydrogen-bond acceptors (Lipinski definition) is 6. The molecule has 8 nitrogen and oxygen atoms in total. The van der Waals surface area contributed by atoms with Gasteiger partial charge in [-0.3, -0.25) is 4.79 Å². The van der Waals surface area contributed by atoms with Gasteiger partial charge in [0.2, 0.25) is 10.0 Å². The fourth-order valence-electron chi connectivity index (χ4n) is 4.34. The van der Waals surface area contributed by atoms with E-state index >= 15 is 0 Å². The van der Waals surface area contributed by atoms with Crippen LogP contribution in [0.25, 0.3) is 10.2 Å². The Labute approximate surface area is 209 Å². The molecule has 1 saturated heterocycles. The van der Waals surface area contributed by atoms with Crippen LogP contribution in [-0.2, 0) is 21.3 Å². The second kappa shape index (κ2) is 11.0. The molecule has 0 N–H and O–H groups in total. The number of nitrogens with zero attached hydrogens (tertiary/aromatic N) is 3. The summed E-state index contributed by atoms with van der Waals surface area (Å²) in [6.07, 6.45) is 2.76. The molecule has 10 heteroatoms. The van der Waals surface area contributed by atoms with Gasteiger partial charge in [-0.25, -0.2) is 8.42 Å². The first-order valence-corrected chi connectivity index (χ1v) is 14.1. The van der Waals surface area contributed by atoms with Crippen LogP contribution in [0.15, 0.2) is 52.4 Å². The first-order chi connectivity index (χ1) is 16.9. The number of aromatic nitrogens is 1. The van der Waals surface area contributed by atoms with Crippen molar-refractivity contribution >= 4 is 37.5 Å². The maximum atomic E-state index is 13.1. The van der Waals surface area contributed by atoms with Crippen molar-refractivity contribution in [2.75, 3.05) is 26.9 Å². The van der Waals surface area contributed by atoms with Gasteiger partial charge in [-0.1, -0.05) is 23.8 Å². The van der Waals surface area contributed by atoms with Crippen molar-refractivity contribution in [1.29, 1.82) is 0 Å². The van der Waals surface area contributed by atoms with Crippen LogP contribution in [0.3, 0.4) is 0 Å². The number of para-hydroxylation sites is 1. The summed E-state index contributed by atoms with van der Waals surface area (Å²) in [5.74, 6) is 0.265. The molecule has 0 aliphatic carbocycles. The van der Waals surface area contributed by atoms with Crippen LogP contribution in [0.5, 0.6) is 5.75 Å². The summed E-state index contributed by atoms with van der Waals surface area (Å²) in [7, 11) is -1.98. The summed E-state index contributed by atoms with van der Waals surface area (Å²) in [4.78, 5) is 18.2. The lowest BCUT2D eigenvalue weighted by atomic mass is 10.1. The number of piperidine rings is 1. The largest absolute Gasteiger partial charge is 0.495 e. The number of benzene rings is 2. The third kappa shape index (κ3) is 5.35. The molecule has 1 unspecified atom stereocenters. The van der Waals surface area contributed by atoms with E-state index in [9.17, 15) is 13.2 Å². The van der Waals surface area contributed by atoms with Gasteiger partial charge < -0.3 is 14.0 Å². The molecule has 2 aromatic carbocycles. The Balaban J connectivity index is 1.66. The second-order valence-electron chi connectivity index (χ2n) is 8.44. The molecular weight excluding hydrogens is 486 g/mol. The summed E-state index contributed by atoms with van der Waals surface area (Å²) >= 11 is 1.40. The molecule has 0 bridgehead atoms. The number of fused-ring (bicyclic) bond motifs is 1. The Bertz CT molecular complexity index is 1360. The zero-order chi connectivity index (χ0) is 25.0. The Morgan fingerprint density at radius 3 is 2.63 bits per heavy atom. The van der Waals surface area contributed by atoms with Crippen molar-refractivity contribution < 1.29 is 22.7 Å². The molecule has 1 atom stereocenters. The average molecular weight is 518 g/mol. The first kappa shape index (κ1) is 25.6. The Morgan fingerprint density at radius 1 is 1.17 bits per heavy atom. The number of hydrogen-bond donors (Lipinski definition) is 0. The number of thiazole rings is 1. The minimum atomic E-state index is -3.60. The average Bonchev–Trinajstić information content (AvgIpc) is 3.21.